The Morgan fingerprint density at radius 1 is 1.33 bits per heavy atom. The molecule has 0 spiro atoms. The minimum atomic E-state index is -0.372. The van der Waals surface area contributed by atoms with Gasteiger partial charge >= 0.3 is 0 Å². The van der Waals surface area contributed by atoms with Gasteiger partial charge in [-0.05, 0) is 17.7 Å². The number of rotatable bonds is 4. The summed E-state index contributed by atoms with van der Waals surface area (Å²) in [6, 6.07) is 4.85. The number of aromatic nitrogens is 2. The van der Waals surface area contributed by atoms with Crippen LogP contribution in [0.5, 0.6) is 5.75 Å². The number of nitrogen functional groups attached to an aromatic ring is 1. The number of benzene rings is 1. The number of methoxy groups -OCH3 is 1. The van der Waals surface area contributed by atoms with Gasteiger partial charge < -0.3 is 10.5 Å². The summed E-state index contributed by atoms with van der Waals surface area (Å²) in [5.41, 5.74) is 6.51. The first kappa shape index (κ1) is 12.6. The first-order valence-corrected chi connectivity index (χ1v) is 6.21. The molecule has 0 saturated heterocycles. The fourth-order valence-electron chi connectivity index (χ4n) is 1.40. The maximum atomic E-state index is 13.5. The third-order valence-electron chi connectivity index (χ3n) is 2.28. The van der Waals surface area contributed by atoms with Crippen LogP contribution in [0.4, 0.5) is 10.2 Å². The first-order valence-electron chi connectivity index (χ1n) is 5.22. The lowest BCUT2D eigenvalue weighted by molar-refractivity contribution is 0.386. The van der Waals surface area contributed by atoms with Gasteiger partial charge in [0.1, 0.15) is 5.03 Å². The van der Waals surface area contributed by atoms with E-state index in [1.54, 1.807) is 12.3 Å². The molecule has 0 bridgehead atoms. The molecule has 94 valence electrons. The summed E-state index contributed by atoms with van der Waals surface area (Å²) in [6.07, 6.45) is 3.11. The predicted octanol–water partition coefficient (Wildman–Crippen LogP) is 2.50. The van der Waals surface area contributed by atoms with E-state index < -0.39 is 0 Å². The minimum absolute atomic E-state index is 0.239. The van der Waals surface area contributed by atoms with E-state index in [-0.39, 0.29) is 11.6 Å². The van der Waals surface area contributed by atoms with Crippen LogP contribution in [0.1, 0.15) is 5.56 Å². The van der Waals surface area contributed by atoms with Crippen molar-refractivity contribution in [2.45, 2.75) is 10.8 Å². The third-order valence-corrected chi connectivity index (χ3v) is 3.35. The number of thioether (sulfide) groups is 1. The van der Waals surface area contributed by atoms with Gasteiger partial charge in [0.15, 0.2) is 17.4 Å². The van der Waals surface area contributed by atoms with Crippen molar-refractivity contribution >= 4 is 17.6 Å². The lowest BCUT2D eigenvalue weighted by atomic mass is 10.2. The lowest BCUT2D eigenvalue weighted by Crippen LogP contribution is -1.95. The third kappa shape index (κ3) is 2.89. The minimum Gasteiger partial charge on any atom is -0.494 e. The van der Waals surface area contributed by atoms with Crippen LogP contribution in [0.3, 0.4) is 0 Å². The number of nitrogens with two attached hydrogens (primary N) is 1. The summed E-state index contributed by atoms with van der Waals surface area (Å²) in [5.74, 6) is 0.825. The summed E-state index contributed by atoms with van der Waals surface area (Å²) >= 11 is 1.42. The lowest BCUT2D eigenvalue weighted by Gasteiger charge is -2.05. The fourth-order valence-corrected chi connectivity index (χ4v) is 2.22. The predicted molar refractivity (Wildman–Crippen MR) is 69.0 cm³/mol. The van der Waals surface area contributed by atoms with Crippen molar-refractivity contribution in [3.05, 3.63) is 42.0 Å². The summed E-state index contributed by atoms with van der Waals surface area (Å²) in [6.45, 7) is 0. The molecule has 0 atom stereocenters. The summed E-state index contributed by atoms with van der Waals surface area (Å²) < 4.78 is 18.3. The number of halogens is 1. The van der Waals surface area contributed by atoms with Crippen molar-refractivity contribution in [1.29, 1.82) is 0 Å². The van der Waals surface area contributed by atoms with Crippen molar-refractivity contribution in [3.8, 4) is 5.75 Å². The maximum Gasteiger partial charge on any atom is 0.165 e. The molecule has 1 heterocycles. The maximum absolute atomic E-state index is 13.5. The molecule has 2 N–H and O–H groups in total. The van der Waals surface area contributed by atoms with Crippen LogP contribution in [0.2, 0.25) is 0 Å². The second-order valence-electron chi connectivity index (χ2n) is 3.50. The van der Waals surface area contributed by atoms with Crippen LogP contribution >= 0.6 is 11.8 Å². The van der Waals surface area contributed by atoms with Gasteiger partial charge in [0.25, 0.3) is 0 Å². The van der Waals surface area contributed by atoms with E-state index in [4.69, 9.17) is 10.5 Å². The van der Waals surface area contributed by atoms with Crippen LogP contribution in [0.25, 0.3) is 0 Å². The van der Waals surface area contributed by atoms with E-state index in [9.17, 15) is 4.39 Å². The van der Waals surface area contributed by atoms with Gasteiger partial charge in [0.2, 0.25) is 0 Å². The monoisotopic (exact) mass is 265 g/mol. The quantitative estimate of drug-likeness (QED) is 0.861. The van der Waals surface area contributed by atoms with Crippen molar-refractivity contribution in [2.24, 2.45) is 0 Å². The average Bonchev–Trinajstić information content (AvgIpc) is 2.38. The Morgan fingerprint density at radius 3 is 2.78 bits per heavy atom. The topological polar surface area (TPSA) is 61.0 Å². The Balaban J connectivity index is 2.07. The van der Waals surface area contributed by atoms with Gasteiger partial charge in [0, 0.05) is 18.1 Å². The molecule has 4 nitrogen and oxygen atoms in total. The van der Waals surface area contributed by atoms with Crippen LogP contribution in [0, 0.1) is 5.82 Å². The molecule has 0 aliphatic rings. The zero-order chi connectivity index (χ0) is 13.0. The smallest absolute Gasteiger partial charge is 0.165 e. The second kappa shape index (κ2) is 5.68. The highest BCUT2D eigenvalue weighted by Crippen LogP contribution is 2.26. The van der Waals surface area contributed by atoms with E-state index in [0.717, 1.165) is 5.56 Å². The van der Waals surface area contributed by atoms with Crippen molar-refractivity contribution in [3.63, 3.8) is 0 Å². The number of anilines is 1. The van der Waals surface area contributed by atoms with Crippen LogP contribution < -0.4 is 10.5 Å². The Morgan fingerprint density at radius 2 is 2.11 bits per heavy atom. The number of hydrogen-bond donors (Lipinski definition) is 1. The van der Waals surface area contributed by atoms with E-state index in [1.165, 1.54) is 31.1 Å². The number of hydrogen-bond acceptors (Lipinski definition) is 5. The van der Waals surface area contributed by atoms with Gasteiger partial charge in [-0.15, -0.1) is 0 Å². The molecular formula is C12H12FN3OS. The molecule has 0 saturated carbocycles. The molecular weight excluding hydrogens is 253 g/mol. The molecule has 1 aromatic carbocycles. The molecule has 0 fully saturated rings. The average molecular weight is 265 g/mol. The molecule has 0 amide bonds. The fraction of sp³-hybridized carbons (Fsp3) is 0.167. The van der Waals surface area contributed by atoms with Gasteiger partial charge in [-0.1, -0.05) is 17.8 Å². The molecule has 0 aliphatic carbocycles. The molecule has 0 aliphatic heterocycles. The molecule has 1 aromatic heterocycles. The molecule has 2 aromatic rings. The van der Waals surface area contributed by atoms with E-state index in [2.05, 4.69) is 9.97 Å². The highest BCUT2D eigenvalue weighted by atomic mass is 32.2. The van der Waals surface area contributed by atoms with E-state index in [0.29, 0.717) is 16.6 Å². The van der Waals surface area contributed by atoms with Crippen LogP contribution in [-0.4, -0.2) is 17.1 Å². The highest BCUT2D eigenvalue weighted by Gasteiger charge is 2.06. The van der Waals surface area contributed by atoms with Gasteiger partial charge in [0.05, 0.1) is 7.11 Å². The van der Waals surface area contributed by atoms with E-state index in [1.807, 2.05) is 6.07 Å². The van der Waals surface area contributed by atoms with Crippen LogP contribution in [-0.2, 0) is 5.75 Å². The van der Waals surface area contributed by atoms with Gasteiger partial charge in [-0.3, -0.25) is 0 Å². The zero-order valence-electron chi connectivity index (χ0n) is 9.76. The Labute approximate surface area is 108 Å². The van der Waals surface area contributed by atoms with Crippen molar-refractivity contribution < 1.29 is 9.13 Å². The standard InChI is InChI=1S/C12H12FN3OS/c1-17-10-3-2-8(6-9(10)13)7-18-12-11(14)15-4-5-16-12/h2-6H,7H2,1H3,(H2,14,15). The highest BCUT2D eigenvalue weighted by molar-refractivity contribution is 7.98. The van der Waals surface area contributed by atoms with Crippen LogP contribution in [0.15, 0.2) is 35.6 Å². The zero-order valence-corrected chi connectivity index (χ0v) is 10.6. The second-order valence-corrected chi connectivity index (χ2v) is 4.47. The molecule has 6 heteroatoms. The Kier molecular flexibility index (Phi) is 3.99. The molecule has 0 radical (unpaired) electrons. The first-order chi connectivity index (χ1) is 8.70. The Hall–Kier alpha value is -1.82. The largest absolute Gasteiger partial charge is 0.494 e. The Bertz CT molecular complexity index is 551. The van der Waals surface area contributed by atoms with Crippen molar-refractivity contribution in [2.75, 3.05) is 12.8 Å². The number of nitrogens with zero attached hydrogens (tertiary/aromatic N) is 2. The summed E-state index contributed by atoms with van der Waals surface area (Å²) in [5, 5.41) is 0.647. The molecule has 18 heavy (non-hydrogen) atoms. The number of ether oxygens (including phenoxy) is 1. The van der Waals surface area contributed by atoms with Gasteiger partial charge in [-0.2, -0.15) is 0 Å². The molecule has 2 rings (SSSR count). The molecule has 0 unspecified atom stereocenters. The van der Waals surface area contributed by atoms with E-state index >= 15 is 0 Å². The normalized spacial score (nSPS) is 10.3. The summed E-state index contributed by atoms with van der Waals surface area (Å²) in [7, 11) is 1.44. The van der Waals surface area contributed by atoms with Crippen molar-refractivity contribution in [1.82, 2.24) is 9.97 Å². The summed E-state index contributed by atoms with van der Waals surface area (Å²) in [4.78, 5) is 8.04. The van der Waals surface area contributed by atoms with Gasteiger partial charge in [-0.25, -0.2) is 14.4 Å². The SMILES string of the molecule is COc1ccc(CSc2nccnc2N)cc1F.